The Morgan fingerprint density at radius 1 is 0.403 bits per heavy atom. The topological polar surface area (TPSA) is 38.5 Å². The van der Waals surface area contributed by atoms with Crippen LogP contribution in [-0.4, -0.2) is 20.8 Å². The fourth-order valence-electron chi connectivity index (χ4n) is 10.7. The number of pyridine rings is 1. The van der Waals surface area contributed by atoms with Crippen molar-refractivity contribution in [3.8, 4) is 34.1 Å². The zero-order valence-electron chi connectivity index (χ0n) is 42.8. The molecule has 6 nitrogen and oxygen atoms in total. The first-order valence-corrected chi connectivity index (χ1v) is 25.3. The minimum absolute atomic E-state index is 0.00952. The van der Waals surface area contributed by atoms with E-state index in [0.717, 1.165) is 56.1 Å². The predicted octanol–water partition coefficient (Wildman–Crippen LogP) is 17.9. The van der Waals surface area contributed by atoms with Gasteiger partial charge >= 0.3 is 0 Å². The van der Waals surface area contributed by atoms with Gasteiger partial charge in [-0.15, -0.1) is 0 Å². The van der Waals surface area contributed by atoms with Crippen molar-refractivity contribution in [2.24, 2.45) is 0 Å². The summed E-state index contributed by atoms with van der Waals surface area (Å²) in [6.07, 6.45) is 1.94. The number of anilines is 4. The zero-order chi connectivity index (χ0) is 49.7. The van der Waals surface area contributed by atoms with E-state index in [4.69, 9.17) is 9.72 Å². The van der Waals surface area contributed by atoms with Crippen molar-refractivity contribution in [2.75, 3.05) is 16.5 Å². The summed E-state index contributed by atoms with van der Waals surface area (Å²) < 4.78 is 11.6. The van der Waals surface area contributed by atoms with E-state index in [1.54, 1.807) is 0 Å². The molecule has 1 aliphatic heterocycles. The molecule has 0 radical (unpaired) electrons. The molecule has 3 aromatic heterocycles. The van der Waals surface area contributed by atoms with Gasteiger partial charge in [-0.25, -0.2) is 4.98 Å². The van der Waals surface area contributed by atoms with Crippen LogP contribution in [0.3, 0.4) is 0 Å². The van der Waals surface area contributed by atoms with Crippen LogP contribution in [-0.2, 0) is 16.2 Å². The molecule has 0 unspecified atom stereocenters. The van der Waals surface area contributed by atoms with Crippen LogP contribution in [0, 0.1) is 0 Å². The number of ether oxygens (including phenoxy) is 1. The number of aromatic nitrogens is 3. The second kappa shape index (κ2) is 16.8. The lowest BCUT2D eigenvalue weighted by Crippen LogP contribution is -2.25. The van der Waals surface area contributed by atoms with Crippen LogP contribution in [0.1, 0.15) is 79.0 Å². The van der Waals surface area contributed by atoms with Crippen LogP contribution < -0.4 is 14.5 Å². The summed E-state index contributed by atoms with van der Waals surface area (Å²) in [5.41, 5.74) is 16.5. The van der Waals surface area contributed by atoms with Crippen LogP contribution in [0.4, 0.5) is 22.7 Å². The second-order valence-electron chi connectivity index (χ2n) is 22.6. The number of para-hydroxylation sites is 4. The largest absolute Gasteiger partial charge is 0.457 e. The van der Waals surface area contributed by atoms with Crippen molar-refractivity contribution in [1.29, 1.82) is 0 Å². The van der Waals surface area contributed by atoms with Crippen LogP contribution in [0.25, 0.3) is 66.2 Å². The third-order valence-electron chi connectivity index (χ3n) is 14.7. The van der Waals surface area contributed by atoms with Crippen molar-refractivity contribution in [3.63, 3.8) is 0 Å². The highest BCUT2D eigenvalue weighted by atomic mass is 16.5. The molecular formula is C66H61N5O. The summed E-state index contributed by atoms with van der Waals surface area (Å²) in [5, 5.41) is 4.76. The van der Waals surface area contributed by atoms with Crippen molar-refractivity contribution in [1.82, 2.24) is 14.1 Å². The third-order valence-corrected chi connectivity index (χ3v) is 14.7. The molecule has 12 rings (SSSR count). The van der Waals surface area contributed by atoms with Crippen LogP contribution in [0.15, 0.2) is 194 Å². The van der Waals surface area contributed by atoms with Gasteiger partial charge in [0.1, 0.15) is 24.0 Å². The molecule has 8 aromatic carbocycles. The Morgan fingerprint density at radius 3 is 1.76 bits per heavy atom. The lowest BCUT2D eigenvalue weighted by atomic mass is 9.80. The van der Waals surface area contributed by atoms with E-state index >= 15 is 0 Å². The molecule has 0 aliphatic carbocycles. The first kappa shape index (κ1) is 45.1. The first-order chi connectivity index (χ1) is 34.6. The third kappa shape index (κ3) is 7.77. The van der Waals surface area contributed by atoms with Gasteiger partial charge in [0, 0.05) is 56.9 Å². The number of hydrogen-bond donors (Lipinski definition) is 0. The summed E-state index contributed by atoms with van der Waals surface area (Å²) in [6.45, 7) is 21.3. The van der Waals surface area contributed by atoms with Crippen molar-refractivity contribution >= 4 is 66.4 Å². The van der Waals surface area contributed by atoms with Crippen molar-refractivity contribution in [2.45, 2.75) is 78.6 Å². The van der Waals surface area contributed by atoms with Crippen molar-refractivity contribution in [3.05, 3.63) is 211 Å². The maximum atomic E-state index is 6.90. The highest BCUT2D eigenvalue weighted by Gasteiger charge is 2.31. The van der Waals surface area contributed by atoms with E-state index in [1.807, 2.05) is 6.20 Å². The summed E-state index contributed by atoms with van der Waals surface area (Å²) in [6, 6.07) is 68.4. The van der Waals surface area contributed by atoms with Crippen LogP contribution >= 0.6 is 0 Å². The Kier molecular flexibility index (Phi) is 10.5. The van der Waals surface area contributed by atoms with Crippen molar-refractivity contribution < 1.29 is 4.74 Å². The van der Waals surface area contributed by atoms with Crippen LogP contribution in [0.2, 0.25) is 0 Å². The van der Waals surface area contributed by atoms with Gasteiger partial charge in [0.15, 0.2) is 0 Å². The normalized spacial score (nSPS) is 13.2. The zero-order valence-corrected chi connectivity index (χ0v) is 42.8. The molecular weight excluding hydrogens is 879 g/mol. The molecule has 356 valence electrons. The number of nitrogens with zero attached hydrogens (tertiary/aromatic N) is 5. The number of fused-ring (bicyclic) bond motifs is 7. The number of benzene rings is 8. The molecule has 0 saturated heterocycles. The van der Waals surface area contributed by atoms with E-state index < -0.39 is 0 Å². The average molecular weight is 940 g/mol. The van der Waals surface area contributed by atoms with Gasteiger partial charge in [0.05, 0.1) is 33.4 Å². The van der Waals surface area contributed by atoms with Gasteiger partial charge in [-0.1, -0.05) is 141 Å². The second-order valence-corrected chi connectivity index (χ2v) is 22.6. The maximum absolute atomic E-state index is 6.90. The number of rotatable bonds is 7. The summed E-state index contributed by atoms with van der Waals surface area (Å²) in [5.74, 6) is 2.40. The summed E-state index contributed by atoms with van der Waals surface area (Å²) in [7, 11) is 0. The fourth-order valence-corrected chi connectivity index (χ4v) is 10.7. The Morgan fingerprint density at radius 2 is 1.03 bits per heavy atom. The highest BCUT2D eigenvalue weighted by Crippen LogP contribution is 2.47. The SMILES string of the molecule is CC(C)(C)c1cc(N2CN(c3cccc(Oc4ccc5c6cc(-c7cccc8c7c7ccccc7n8-c7ccccc7)ccc6n(-c6cc(C(C)(C)C)ccn6)c5c4)c3)c3ccccc32)cc(C(C)(C)C)c1. The van der Waals surface area contributed by atoms with Gasteiger partial charge in [-0.2, -0.15) is 0 Å². The summed E-state index contributed by atoms with van der Waals surface area (Å²) >= 11 is 0. The maximum Gasteiger partial charge on any atom is 0.137 e. The molecule has 0 fully saturated rings. The van der Waals surface area contributed by atoms with Gasteiger partial charge in [-0.3, -0.25) is 4.57 Å². The molecule has 11 aromatic rings. The molecule has 4 heterocycles. The smallest absolute Gasteiger partial charge is 0.137 e. The van der Waals surface area contributed by atoms with E-state index in [9.17, 15) is 0 Å². The quantitative estimate of drug-likeness (QED) is 0.160. The Bertz CT molecular complexity index is 3860. The lowest BCUT2D eigenvalue weighted by molar-refractivity contribution is 0.483. The molecule has 0 bridgehead atoms. The first-order valence-electron chi connectivity index (χ1n) is 25.3. The number of hydrogen-bond acceptors (Lipinski definition) is 4. The minimum atomic E-state index is -0.0563. The average Bonchev–Trinajstić information content (AvgIpc) is 4.04. The van der Waals surface area contributed by atoms with Gasteiger partial charge in [0.25, 0.3) is 0 Å². The minimum Gasteiger partial charge on any atom is -0.457 e. The molecule has 0 spiro atoms. The molecule has 0 amide bonds. The van der Waals surface area contributed by atoms with E-state index in [-0.39, 0.29) is 16.2 Å². The summed E-state index contributed by atoms with van der Waals surface area (Å²) in [4.78, 5) is 9.90. The predicted molar refractivity (Wildman–Crippen MR) is 303 cm³/mol. The lowest BCUT2D eigenvalue weighted by Gasteiger charge is -2.29. The molecule has 0 saturated carbocycles. The van der Waals surface area contributed by atoms with E-state index in [2.05, 4.69) is 269 Å². The Labute approximate surface area is 423 Å². The van der Waals surface area contributed by atoms with Gasteiger partial charge < -0.3 is 19.1 Å². The van der Waals surface area contributed by atoms with E-state index in [0.29, 0.717) is 6.67 Å². The molecule has 6 heteroatoms. The molecule has 0 atom stereocenters. The molecule has 1 aliphatic rings. The molecule has 72 heavy (non-hydrogen) atoms. The van der Waals surface area contributed by atoms with Gasteiger partial charge in [-0.05, 0) is 141 Å². The molecule has 0 N–H and O–H groups in total. The standard InChI is InChI=1S/C66H61N5O/c1-64(2,3)44-33-34-67-62(39-44)71-57-32-29-43(52-24-18-28-60-63(52)54-23-13-14-25-56(54)70(60)47-19-11-10-12-20-47)35-55(57)53-31-30-51(41-61(53)71)72-50-22-17-21-48(40-50)68-42-69(59-27-16-15-26-58(59)68)49-37-45(65(4,5)6)36-46(38-49)66(7,8)9/h10-41H,42H2,1-9H3. The highest BCUT2D eigenvalue weighted by molar-refractivity contribution is 6.17. The Balaban J connectivity index is 0.950. The monoisotopic (exact) mass is 939 g/mol. The Hall–Kier alpha value is -8.09. The van der Waals surface area contributed by atoms with Gasteiger partial charge in [0.2, 0.25) is 0 Å². The fraction of sp³-hybridized carbons (Fsp3) is 0.197. The van der Waals surface area contributed by atoms with E-state index in [1.165, 1.54) is 61.1 Å². The van der Waals surface area contributed by atoms with Crippen LogP contribution in [0.5, 0.6) is 11.5 Å².